The number of carbonyl (C=O) groups is 1. The van der Waals surface area contributed by atoms with E-state index in [4.69, 9.17) is 10.5 Å². The Morgan fingerprint density at radius 3 is 3.11 bits per heavy atom. The van der Waals surface area contributed by atoms with E-state index in [-0.39, 0.29) is 12.1 Å². The fourth-order valence-corrected chi connectivity index (χ4v) is 2.06. The lowest BCUT2D eigenvalue weighted by atomic mass is 10.2. The Kier molecular flexibility index (Phi) is 2.29. The first-order valence-electron chi connectivity index (χ1n) is 5.63. The van der Waals surface area contributed by atoms with E-state index in [1.165, 1.54) is 4.90 Å². The molecule has 0 aromatic carbocycles. The fourth-order valence-electron chi connectivity index (χ4n) is 2.06. The Bertz CT molecular complexity index is 629. The molecule has 0 saturated carbocycles. The van der Waals surface area contributed by atoms with Crippen LogP contribution < -0.4 is 10.6 Å². The van der Waals surface area contributed by atoms with Gasteiger partial charge in [0, 0.05) is 17.8 Å². The summed E-state index contributed by atoms with van der Waals surface area (Å²) in [7, 11) is 0. The predicted octanol–water partition coefficient (Wildman–Crippen LogP) is 1.56. The standard InChI is InChI=1S/C12H12N4O2/c1-7-6-18-12(17)16(7)10-4-8-2-3-14-5-9(8)11(13)15-10/h2-5,7H,6H2,1H3,(H2,13,15)/t7-/m0/s1. The van der Waals surface area contributed by atoms with Crippen molar-refractivity contribution in [3.8, 4) is 0 Å². The van der Waals surface area contributed by atoms with Crippen LogP contribution in [-0.2, 0) is 4.74 Å². The molecule has 0 bridgehead atoms. The number of cyclic esters (lactones) is 1. The van der Waals surface area contributed by atoms with Crippen molar-refractivity contribution >= 4 is 28.5 Å². The second-order valence-electron chi connectivity index (χ2n) is 4.26. The lowest BCUT2D eigenvalue weighted by molar-refractivity contribution is 0.179. The third-order valence-electron chi connectivity index (χ3n) is 2.98. The molecule has 1 aliphatic rings. The van der Waals surface area contributed by atoms with Crippen LogP contribution in [0, 0.1) is 0 Å². The van der Waals surface area contributed by atoms with Crippen LogP contribution in [0.1, 0.15) is 6.92 Å². The Balaban J connectivity index is 2.16. The Morgan fingerprint density at radius 1 is 1.56 bits per heavy atom. The number of hydrogen-bond acceptors (Lipinski definition) is 5. The summed E-state index contributed by atoms with van der Waals surface area (Å²) in [5.74, 6) is 0.878. The third kappa shape index (κ3) is 1.54. The van der Waals surface area contributed by atoms with Gasteiger partial charge < -0.3 is 10.5 Å². The zero-order valence-electron chi connectivity index (χ0n) is 9.83. The molecule has 18 heavy (non-hydrogen) atoms. The first-order chi connectivity index (χ1) is 8.66. The first-order valence-corrected chi connectivity index (χ1v) is 5.63. The monoisotopic (exact) mass is 244 g/mol. The molecule has 2 N–H and O–H groups in total. The number of fused-ring (bicyclic) bond motifs is 1. The molecule has 2 aromatic rings. The molecule has 6 heteroatoms. The number of nitrogens with two attached hydrogens (primary N) is 1. The van der Waals surface area contributed by atoms with Gasteiger partial charge in [-0.2, -0.15) is 0 Å². The summed E-state index contributed by atoms with van der Waals surface area (Å²) in [5, 5.41) is 1.68. The second kappa shape index (κ2) is 3.83. The summed E-state index contributed by atoms with van der Waals surface area (Å²) < 4.78 is 4.98. The van der Waals surface area contributed by atoms with Gasteiger partial charge in [-0.05, 0) is 24.4 Å². The number of nitrogens with zero attached hydrogens (tertiary/aromatic N) is 3. The van der Waals surface area contributed by atoms with Gasteiger partial charge >= 0.3 is 6.09 Å². The summed E-state index contributed by atoms with van der Waals surface area (Å²) in [5.41, 5.74) is 5.89. The molecular weight excluding hydrogens is 232 g/mol. The van der Waals surface area contributed by atoms with Crippen molar-refractivity contribution in [2.24, 2.45) is 0 Å². The van der Waals surface area contributed by atoms with Gasteiger partial charge in [-0.3, -0.25) is 9.88 Å². The molecule has 0 aliphatic carbocycles. The van der Waals surface area contributed by atoms with Crippen LogP contribution in [0.5, 0.6) is 0 Å². The van der Waals surface area contributed by atoms with Crippen LogP contribution >= 0.6 is 0 Å². The number of pyridine rings is 2. The van der Waals surface area contributed by atoms with Crippen molar-refractivity contribution in [1.82, 2.24) is 9.97 Å². The third-order valence-corrected chi connectivity index (χ3v) is 2.98. The van der Waals surface area contributed by atoms with E-state index in [0.29, 0.717) is 18.2 Å². The maximum absolute atomic E-state index is 11.6. The van der Waals surface area contributed by atoms with Gasteiger partial charge in [-0.25, -0.2) is 9.78 Å². The summed E-state index contributed by atoms with van der Waals surface area (Å²) in [6, 6.07) is 3.61. The maximum Gasteiger partial charge on any atom is 0.415 e. The lowest BCUT2D eigenvalue weighted by Crippen LogP contribution is -2.31. The molecule has 2 aromatic heterocycles. The van der Waals surface area contributed by atoms with Gasteiger partial charge in [0.2, 0.25) is 0 Å². The lowest BCUT2D eigenvalue weighted by Gasteiger charge is -2.17. The Morgan fingerprint density at radius 2 is 2.39 bits per heavy atom. The van der Waals surface area contributed by atoms with Crippen LogP contribution in [0.4, 0.5) is 16.4 Å². The molecule has 1 aliphatic heterocycles. The number of nitrogen functional groups attached to an aromatic ring is 1. The van der Waals surface area contributed by atoms with E-state index in [9.17, 15) is 4.79 Å². The van der Waals surface area contributed by atoms with Crippen LogP contribution in [-0.4, -0.2) is 28.7 Å². The average molecular weight is 244 g/mol. The van der Waals surface area contributed by atoms with E-state index in [1.54, 1.807) is 12.4 Å². The van der Waals surface area contributed by atoms with Gasteiger partial charge in [-0.15, -0.1) is 0 Å². The van der Waals surface area contributed by atoms with Crippen LogP contribution in [0.15, 0.2) is 24.5 Å². The van der Waals surface area contributed by atoms with Gasteiger partial charge in [0.1, 0.15) is 18.2 Å². The number of hydrogen-bond donors (Lipinski definition) is 1. The van der Waals surface area contributed by atoms with Gasteiger partial charge in [0.15, 0.2) is 0 Å². The minimum Gasteiger partial charge on any atom is -0.447 e. The van der Waals surface area contributed by atoms with Gasteiger partial charge in [0.25, 0.3) is 0 Å². The van der Waals surface area contributed by atoms with E-state index in [0.717, 1.165) is 10.8 Å². The highest BCUT2D eigenvalue weighted by atomic mass is 16.6. The molecule has 1 saturated heterocycles. The van der Waals surface area contributed by atoms with Crippen molar-refractivity contribution in [2.45, 2.75) is 13.0 Å². The van der Waals surface area contributed by atoms with Gasteiger partial charge in [-0.1, -0.05) is 0 Å². The number of anilines is 2. The molecule has 0 unspecified atom stereocenters. The largest absolute Gasteiger partial charge is 0.447 e. The summed E-state index contributed by atoms with van der Waals surface area (Å²) in [6.45, 7) is 2.27. The quantitative estimate of drug-likeness (QED) is 0.823. The molecular formula is C12H12N4O2. The van der Waals surface area contributed by atoms with Crippen molar-refractivity contribution in [1.29, 1.82) is 0 Å². The SMILES string of the molecule is C[C@H]1COC(=O)N1c1cc2ccncc2c(N)n1. The molecule has 0 spiro atoms. The normalized spacial score (nSPS) is 19.3. The molecule has 3 rings (SSSR count). The number of amides is 1. The summed E-state index contributed by atoms with van der Waals surface area (Å²) in [6.07, 6.45) is 2.95. The predicted molar refractivity (Wildman–Crippen MR) is 67.2 cm³/mol. The zero-order chi connectivity index (χ0) is 12.7. The van der Waals surface area contributed by atoms with E-state index < -0.39 is 0 Å². The van der Waals surface area contributed by atoms with E-state index >= 15 is 0 Å². The zero-order valence-corrected chi connectivity index (χ0v) is 9.83. The summed E-state index contributed by atoms with van der Waals surface area (Å²) in [4.78, 5) is 21.4. The molecule has 3 heterocycles. The van der Waals surface area contributed by atoms with E-state index in [1.807, 2.05) is 19.1 Å². The van der Waals surface area contributed by atoms with Crippen LogP contribution in [0.2, 0.25) is 0 Å². The minimum atomic E-state index is -0.386. The highest BCUT2D eigenvalue weighted by molar-refractivity contribution is 5.96. The highest BCUT2D eigenvalue weighted by Gasteiger charge is 2.32. The Hall–Kier alpha value is -2.37. The average Bonchev–Trinajstić information content (AvgIpc) is 2.69. The number of ether oxygens (including phenoxy) is 1. The smallest absolute Gasteiger partial charge is 0.415 e. The molecule has 1 atom stereocenters. The number of aromatic nitrogens is 2. The second-order valence-corrected chi connectivity index (χ2v) is 4.26. The van der Waals surface area contributed by atoms with Crippen LogP contribution in [0.3, 0.4) is 0 Å². The minimum absolute atomic E-state index is 0.0383. The highest BCUT2D eigenvalue weighted by Crippen LogP contribution is 2.27. The molecule has 1 fully saturated rings. The van der Waals surface area contributed by atoms with Crippen LogP contribution in [0.25, 0.3) is 10.8 Å². The van der Waals surface area contributed by atoms with Gasteiger partial charge in [0.05, 0.1) is 6.04 Å². The first kappa shape index (κ1) is 10.8. The number of carbonyl (C=O) groups excluding carboxylic acids is 1. The van der Waals surface area contributed by atoms with E-state index in [2.05, 4.69) is 9.97 Å². The molecule has 1 amide bonds. The molecule has 6 nitrogen and oxygen atoms in total. The van der Waals surface area contributed by atoms with Crippen molar-refractivity contribution in [3.63, 3.8) is 0 Å². The number of rotatable bonds is 1. The molecule has 92 valence electrons. The Labute approximate surface area is 103 Å². The van der Waals surface area contributed by atoms with Crippen molar-refractivity contribution < 1.29 is 9.53 Å². The summed E-state index contributed by atoms with van der Waals surface area (Å²) >= 11 is 0. The maximum atomic E-state index is 11.6. The molecule has 0 radical (unpaired) electrons. The van der Waals surface area contributed by atoms with Crippen molar-refractivity contribution in [3.05, 3.63) is 24.5 Å². The van der Waals surface area contributed by atoms with Crippen molar-refractivity contribution in [2.75, 3.05) is 17.2 Å². The fraction of sp³-hybridized carbons (Fsp3) is 0.250. The topological polar surface area (TPSA) is 81.3 Å².